The molecule has 1 nitrogen and oxygen atoms in total. The SMILES string of the molecule is CCc1ccc(OCC(C)CBr)cc1. The predicted molar refractivity (Wildman–Crippen MR) is 64.3 cm³/mol. The summed E-state index contributed by atoms with van der Waals surface area (Å²) in [6.07, 6.45) is 1.08. The Bertz CT molecular complexity index is 256. The van der Waals surface area contributed by atoms with Crippen molar-refractivity contribution in [3.8, 4) is 5.75 Å². The maximum Gasteiger partial charge on any atom is 0.119 e. The fourth-order valence-electron chi connectivity index (χ4n) is 1.10. The zero-order valence-corrected chi connectivity index (χ0v) is 10.4. The molecule has 1 aromatic carbocycles. The van der Waals surface area contributed by atoms with Crippen LogP contribution in [0.4, 0.5) is 0 Å². The second-order valence-electron chi connectivity index (χ2n) is 3.57. The third-order valence-corrected chi connectivity index (χ3v) is 3.23. The Morgan fingerprint density at radius 3 is 2.43 bits per heavy atom. The number of aryl methyl sites for hydroxylation is 1. The Balaban J connectivity index is 2.43. The van der Waals surface area contributed by atoms with Crippen LogP contribution in [0.3, 0.4) is 0 Å². The molecule has 0 aliphatic carbocycles. The molecule has 0 aliphatic rings. The van der Waals surface area contributed by atoms with Gasteiger partial charge in [-0.15, -0.1) is 0 Å². The van der Waals surface area contributed by atoms with Gasteiger partial charge in [0.25, 0.3) is 0 Å². The number of alkyl halides is 1. The highest BCUT2D eigenvalue weighted by Crippen LogP contribution is 2.13. The van der Waals surface area contributed by atoms with Crippen LogP contribution < -0.4 is 4.74 Å². The normalized spacial score (nSPS) is 12.5. The summed E-state index contributed by atoms with van der Waals surface area (Å²) in [5.74, 6) is 1.52. The van der Waals surface area contributed by atoms with Gasteiger partial charge in [-0.05, 0) is 30.0 Å². The van der Waals surface area contributed by atoms with E-state index in [1.54, 1.807) is 0 Å². The fourth-order valence-corrected chi connectivity index (χ4v) is 1.29. The van der Waals surface area contributed by atoms with Crippen LogP contribution in [0.1, 0.15) is 19.4 Å². The van der Waals surface area contributed by atoms with E-state index < -0.39 is 0 Å². The van der Waals surface area contributed by atoms with Gasteiger partial charge in [0.15, 0.2) is 0 Å². The summed E-state index contributed by atoms with van der Waals surface area (Å²) in [4.78, 5) is 0. The van der Waals surface area contributed by atoms with Crippen molar-refractivity contribution >= 4 is 15.9 Å². The summed E-state index contributed by atoms with van der Waals surface area (Å²) >= 11 is 3.43. The Morgan fingerprint density at radius 2 is 1.93 bits per heavy atom. The number of hydrogen-bond donors (Lipinski definition) is 0. The predicted octanol–water partition coefficient (Wildman–Crippen LogP) is 3.66. The van der Waals surface area contributed by atoms with Crippen LogP contribution in [0.2, 0.25) is 0 Å². The molecule has 0 saturated heterocycles. The molecule has 1 aromatic rings. The molecule has 78 valence electrons. The lowest BCUT2D eigenvalue weighted by Gasteiger charge is -2.10. The fraction of sp³-hybridized carbons (Fsp3) is 0.500. The number of ether oxygens (including phenoxy) is 1. The second kappa shape index (κ2) is 6.07. The molecule has 0 saturated carbocycles. The van der Waals surface area contributed by atoms with Crippen molar-refractivity contribution in [1.82, 2.24) is 0 Å². The smallest absolute Gasteiger partial charge is 0.119 e. The molecule has 0 N–H and O–H groups in total. The third kappa shape index (κ3) is 3.70. The molecule has 14 heavy (non-hydrogen) atoms. The summed E-state index contributed by atoms with van der Waals surface area (Å²) in [6, 6.07) is 8.32. The van der Waals surface area contributed by atoms with Crippen molar-refractivity contribution in [3.63, 3.8) is 0 Å². The molecule has 0 heterocycles. The van der Waals surface area contributed by atoms with Crippen LogP contribution in [0.15, 0.2) is 24.3 Å². The number of benzene rings is 1. The molecule has 0 bridgehead atoms. The molecule has 0 aromatic heterocycles. The minimum atomic E-state index is 0.556. The summed E-state index contributed by atoms with van der Waals surface area (Å²) in [6.45, 7) is 5.09. The van der Waals surface area contributed by atoms with Gasteiger partial charge in [-0.3, -0.25) is 0 Å². The van der Waals surface area contributed by atoms with Crippen molar-refractivity contribution in [1.29, 1.82) is 0 Å². The number of halogens is 1. The highest BCUT2D eigenvalue weighted by molar-refractivity contribution is 9.09. The van der Waals surface area contributed by atoms with Gasteiger partial charge in [0.1, 0.15) is 5.75 Å². The molecule has 1 unspecified atom stereocenters. The topological polar surface area (TPSA) is 9.23 Å². The molecule has 1 atom stereocenters. The van der Waals surface area contributed by atoms with Crippen molar-refractivity contribution in [2.45, 2.75) is 20.3 Å². The monoisotopic (exact) mass is 256 g/mol. The van der Waals surface area contributed by atoms with Crippen molar-refractivity contribution < 1.29 is 4.74 Å². The molecular formula is C12H17BrO. The molecule has 0 radical (unpaired) electrons. The lowest BCUT2D eigenvalue weighted by Crippen LogP contribution is -2.09. The van der Waals surface area contributed by atoms with Crippen molar-refractivity contribution in [3.05, 3.63) is 29.8 Å². The Morgan fingerprint density at radius 1 is 1.29 bits per heavy atom. The summed E-state index contributed by atoms with van der Waals surface area (Å²) in [5, 5.41) is 0.986. The third-order valence-electron chi connectivity index (χ3n) is 2.13. The maximum absolute atomic E-state index is 5.63. The van der Waals surface area contributed by atoms with Crippen molar-refractivity contribution in [2.75, 3.05) is 11.9 Å². The summed E-state index contributed by atoms with van der Waals surface area (Å²) < 4.78 is 5.63. The van der Waals surface area contributed by atoms with Crippen LogP contribution >= 0.6 is 15.9 Å². The molecule has 1 rings (SSSR count). The van der Waals surface area contributed by atoms with Gasteiger partial charge in [-0.2, -0.15) is 0 Å². The summed E-state index contributed by atoms with van der Waals surface area (Å²) in [7, 11) is 0. The van der Waals surface area contributed by atoms with Gasteiger partial charge in [0.2, 0.25) is 0 Å². The van der Waals surface area contributed by atoms with Gasteiger partial charge >= 0.3 is 0 Å². The zero-order chi connectivity index (χ0) is 10.4. The van der Waals surface area contributed by atoms with Gasteiger partial charge in [-0.25, -0.2) is 0 Å². The first-order valence-electron chi connectivity index (χ1n) is 5.04. The minimum Gasteiger partial charge on any atom is -0.493 e. The van der Waals surface area contributed by atoms with Crippen LogP contribution in [-0.2, 0) is 6.42 Å². The molecule has 0 aliphatic heterocycles. The highest BCUT2D eigenvalue weighted by Gasteiger charge is 2.00. The largest absolute Gasteiger partial charge is 0.493 e. The first kappa shape index (κ1) is 11.6. The van der Waals surface area contributed by atoms with E-state index in [4.69, 9.17) is 4.74 Å². The van der Waals surface area contributed by atoms with Gasteiger partial charge in [-0.1, -0.05) is 41.9 Å². The minimum absolute atomic E-state index is 0.556. The van der Waals surface area contributed by atoms with E-state index in [0.717, 1.165) is 24.1 Å². The number of rotatable bonds is 5. The first-order chi connectivity index (χ1) is 6.76. The number of hydrogen-bond acceptors (Lipinski definition) is 1. The maximum atomic E-state index is 5.63. The first-order valence-corrected chi connectivity index (χ1v) is 6.16. The van der Waals surface area contributed by atoms with E-state index in [9.17, 15) is 0 Å². The van der Waals surface area contributed by atoms with E-state index in [1.165, 1.54) is 5.56 Å². The van der Waals surface area contributed by atoms with Gasteiger partial charge < -0.3 is 4.74 Å². The van der Waals surface area contributed by atoms with E-state index in [-0.39, 0.29) is 0 Å². The van der Waals surface area contributed by atoms with Crippen LogP contribution in [0.5, 0.6) is 5.75 Å². The van der Waals surface area contributed by atoms with E-state index >= 15 is 0 Å². The van der Waals surface area contributed by atoms with Gasteiger partial charge in [0.05, 0.1) is 6.61 Å². The Labute approximate surface area is 94.6 Å². The average molecular weight is 257 g/mol. The average Bonchev–Trinajstić information content (AvgIpc) is 2.26. The highest BCUT2D eigenvalue weighted by atomic mass is 79.9. The van der Waals surface area contributed by atoms with Gasteiger partial charge in [0, 0.05) is 5.33 Å². The summed E-state index contributed by atoms with van der Waals surface area (Å²) in [5.41, 5.74) is 1.35. The second-order valence-corrected chi connectivity index (χ2v) is 4.22. The molecule has 0 amide bonds. The molecular weight excluding hydrogens is 240 g/mol. The quantitative estimate of drug-likeness (QED) is 0.731. The Kier molecular flexibility index (Phi) is 5.02. The lowest BCUT2D eigenvalue weighted by molar-refractivity contribution is 0.274. The lowest BCUT2D eigenvalue weighted by atomic mass is 10.2. The standard InChI is InChI=1S/C12H17BrO/c1-3-11-4-6-12(7-5-11)14-9-10(2)8-13/h4-7,10H,3,8-9H2,1-2H3. The van der Waals surface area contributed by atoms with E-state index in [1.807, 2.05) is 12.1 Å². The van der Waals surface area contributed by atoms with E-state index in [0.29, 0.717) is 5.92 Å². The van der Waals surface area contributed by atoms with Crippen LogP contribution in [0, 0.1) is 5.92 Å². The van der Waals surface area contributed by atoms with E-state index in [2.05, 4.69) is 41.9 Å². The molecule has 0 fully saturated rings. The van der Waals surface area contributed by atoms with Crippen LogP contribution in [0.25, 0.3) is 0 Å². The zero-order valence-electron chi connectivity index (χ0n) is 8.79. The molecule has 0 spiro atoms. The molecule has 2 heteroatoms. The Hall–Kier alpha value is -0.500. The van der Waals surface area contributed by atoms with Crippen LogP contribution in [-0.4, -0.2) is 11.9 Å². The van der Waals surface area contributed by atoms with Crippen molar-refractivity contribution in [2.24, 2.45) is 5.92 Å².